The number of halogens is 9. The van der Waals surface area contributed by atoms with Crippen LogP contribution in [0.2, 0.25) is 0 Å². The SMILES string of the molecule is O=C(c1cc(C(F)(F)F)ccc1C(F)(F)F)C(Cl)(Cl)Cl. The van der Waals surface area contributed by atoms with Gasteiger partial charge in [0.1, 0.15) is 0 Å². The van der Waals surface area contributed by atoms with E-state index in [1.807, 2.05) is 0 Å². The van der Waals surface area contributed by atoms with Crippen molar-refractivity contribution in [2.45, 2.75) is 16.1 Å². The first-order valence-electron chi connectivity index (χ1n) is 4.64. The van der Waals surface area contributed by atoms with Crippen LogP contribution in [0.5, 0.6) is 0 Å². The predicted molar refractivity (Wildman–Crippen MR) is 61.1 cm³/mol. The van der Waals surface area contributed by atoms with Crippen molar-refractivity contribution in [3.05, 3.63) is 34.9 Å². The molecule has 0 saturated heterocycles. The summed E-state index contributed by atoms with van der Waals surface area (Å²) in [6, 6.07) is 0.317. The van der Waals surface area contributed by atoms with Gasteiger partial charge in [-0.2, -0.15) is 26.3 Å². The van der Waals surface area contributed by atoms with E-state index in [0.717, 1.165) is 0 Å². The number of benzene rings is 1. The predicted octanol–water partition coefficient (Wildman–Crippen LogP) is 5.28. The molecule has 0 unspecified atom stereocenters. The topological polar surface area (TPSA) is 17.1 Å². The van der Waals surface area contributed by atoms with Crippen molar-refractivity contribution in [1.29, 1.82) is 0 Å². The standard InChI is InChI=1S/C10H3Cl3F6O/c11-8(12,13)7(20)5-3-4(9(14,15)16)1-2-6(5)10(17,18)19/h1-3H. The van der Waals surface area contributed by atoms with Crippen LogP contribution in [0.4, 0.5) is 26.3 Å². The molecule has 1 nitrogen and oxygen atoms in total. The van der Waals surface area contributed by atoms with Gasteiger partial charge in [-0.1, -0.05) is 34.8 Å². The summed E-state index contributed by atoms with van der Waals surface area (Å²) in [5.41, 5.74) is -4.42. The number of carbonyl (C=O) groups excluding carboxylic acids is 1. The van der Waals surface area contributed by atoms with Crippen molar-refractivity contribution in [3.63, 3.8) is 0 Å². The van der Waals surface area contributed by atoms with E-state index in [1.54, 1.807) is 0 Å². The summed E-state index contributed by atoms with van der Waals surface area (Å²) >= 11 is 15.4. The average molecular weight is 359 g/mol. The number of carbonyl (C=O) groups is 1. The normalized spacial score (nSPS) is 13.4. The molecule has 1 aromatic carbocycles. The molecule has 0 fully saturated rings. The lowest BCUT2D eigenvalue weighted by molar-refractivity contribution is -0.141. The van der Waals surface area contributed by atoms with Crippen LogP contribution < -0.4 is 0 Å². The summed E-state index contributed by atoms with van der Waals surface area (Å²) in [6.07, 6.45) is -10.0. The molecule has 0 aromatic heterocycles. The van der Waals surface area contributed by atoms with Crippen LogP contribution in [-0.2, 0) is 12.4 Å². The van der Waals surface area contributed by atoms with Crippen molar-refractivity contribution in [2.24, 2.45) is 0 Å². The lowest BCUT2D eigenvalue weighted by atomic mass is 10.00. The Hall–Kier alpha value is -0.660. The highest BCUT2D eigenvalue weighted by Gasteiger charge is 2.42. The first-order chi connectivity index (χ1) is 8.74. The zero-order valence-corrected chi connectivity index (χ0v) is 11.3. The third kappa shape index (κ3) is 3.93. The maximum Gasteiger partial charge on any atom is 0.417 e. The monoisotopic (exact) mass is 358 g/mol. The van der Waals surface area contributed by atoms with Gasteiger partial charge in [0.05, 0.1) is 11.1 Å². The van der Waals surface area contributed by atoms with E-state index < -0.39 is 38.6 Å². The number of rotatable bonds is 1. The Labute approximate surface area is 123 Å². The Morgan fingerprint density at radius 3 is 1.75 bits per heavy atom. The molecule has 0 bridgehead atoms. The minimum atomic E-state index is -5.06. The van der Waals surface area contributed by atoms with Crippen molar-refractivity contribution < 1.29 is 31.1 Å². The molecule has 0 amide bonds. The smallest absolute Gasteiger partial charge is 0.289 e. The van der Waals surface area contributed by atoms with Crippen molar-refractivity contribution >= 4 is 40.6 Å². The fourth-order valence-corrected chi connectivity index (χ4v) is 1.61. The van der Waals surface area contributed by atoms with E-state index >= 15 is 0 Å². The van der Waals surface area contributed by atoms with Gasteiger partial charge in [0.2, 0.25) is 5.78 Å². The Morgan fingerprint density at radius 1 is 0.900 bits per heavy atom. The molecule has 0 radical (unpaired) electrons. The van der Waals surface area contributed by atoms with E-state index in [9.17, 15) is 31.1 Å². The molecule has 0 aliphatic rings. The largest absolute Gasteiger partial charge is 0.417 e. The second-order valence-corrected chi connectivity index (χ2v) is 5.86. The van der Waals surface area contributed by atoms with Gasteiger partial charge in [0, 0.05) is 5.56 Å². The molecule has 0 heterocycles. The maximum absolute atomic E-state index is 12.7. The quantitative estimate of drug-likeness (QED) is 0.379. The molecule has 0 aliphatic heterocycles. The zero-order valence-electron chi connectivity index (χ0n) is 9.04. The second-order valence-electron chi connectivity index (χ2n) is 3.58. The summed E-state index contributed by atoms with van der Waals surface area (Å²) in [5, 5.41) is 0. The Bertz CT molecular complexity index is 529. The second kappa shape index (κ2) is 5.27. The molecule has 10 heteroatoms. The molecule has 0 atom stereocenters. The van der Waals surface area contributed by atoms with Crippen molar-refractivity contribution in [1.82, 2.24) is 0 Å². The minimum Gasteiger partial charge on any atom is -0.289 e. The van der Waals surface area contributed by atoms with Crippen LogP contribution in [0, 0.1) is 0 Å². The van der Waals surface area contributed by atoms with Gasteiger partial charge in [-0.3, -0.25) is 4.79 Å². The van der Waals surface area contributed by atoms with E-state index in [1.165, 1.54) is 0 Å². The summed E-state index contributed by atoms with van der Waals surface area (Å²) in [4.78, 5) is 11.5. The van der Waals surface area contributed by atoms with Gasteiger partial charge in [-0.05, 0) is 18.2 Å². The molecule has 0 saturated carbocycles. The van der Waals surface area contributed by atoms with Crippen LogP contribution in [0.3, 0.4) is 0 Å². The fourth-order valence-electron chi connectivity index (χ4n) is 1.31. The average Bonchev–Trinajstić information content (AvgIpc) is 2.23. The summed E-state index contributed by atoms with van der Waals surface area (Å²) < 4.78 is 72.6. The van der Waals surface area contributed by atoms with Crippen LogP contribution in [0.25, 0.3) is 0 Å². The van der Waals surface area contributed by atoms with Crippen LogP contribution in [-0.4, -0.2) is 9.58 Å². The Kier molecular flexibility index (Phi) is 4.58. The highest BCUT2D eigenvalue weighted by molar-refractivity contribution is 6.77. The molecular weight excluding hydrogens is 356 g/mol. The lowest BCUT2D eigenvalue weighted by Crippen LogP contribution is -2.24. The highest BCUT2D eigenvalue weighted by atomic mass is 35.6. The molecule has 0 aliphatic carbocycles. The van der Waals surface area contributed by atoms with E-state index in [4.69, 9.17) is 34.8 Å². The first kappa shape index (κ1) is 17.4. The minimum absolute atomic E-state index is 0.00699. The molecule has 1 rings (SSSR count). The van der Waals surface area contributed by atoms with Gasteiger partial charge >= 0.3 is 12.4 Å². The van der Waals surface area contributed by atoms with Crippen LogP contribution in [0.1, 0.15) is 21.5 Å². The summed E-state index contributed by atoms with van der Waals surface area (Å²) in [5.74, 6) is -1.69. The first-order valence-corrected chi connectivity index (χ1v) is 5.78. The van der Waals surface area contributed by atoms with Crippen molar-refractivity contribution in [2.75, 3.05) is 0 Å². The number of Topliss-reactive ketones (excluding diaryl/α,β-unsaturated/α-hetero) is 1. The van der Waals surface area contributed by atoms with Gasteiger partial charge in [-0.15, -0.1) is 0 Å². The molecule has 20 heavy (non-hydrogen) atoms. The highest BCUT2D eigenvalue weighted by Crippen LogP contribution is 2.40. The van der Waals surface area contributed by atoms with E-state index in [2.05, 4.69) is 0 Å². The molecule has 0 spiro atoms. The third-order valence-corrected chi connectivity index (χ3v) is 2.67. The number of hydrogen-bond donors (Lipinski definition) is 0. The van der Waals surface area contributed by atoms with Gasteiger partial charge in [0.15, 0.2) is 0 Å². The summed E-state index contributed by atoms with van der Waals surface area (Å²) in [7, 11) is 0. The number of hydrogen-bond acceptors (Lipinski definition) is 1. The lowest BCUT2D eigenvalue weighted by Gasteiger charge is -2.17. The van der Waals surface area contributed by atoms with E-state index in [0.29, 0.717) is 0 Å². The molecular formula is C10H3Cl3F6O. The third-order valence-electron chi connectivity index (χ3n) is 2.15. The summed E-state index contributed by atoms with van der Waals surface area (Å²) in [6.45, 7) is 0. The van der Waals surface area contributed by atoms with Gasteiger partial charge in [0.25, 0.3) is 3.79 Å². The van der Waals surface area contributed by atoms with Gasteiger partial charge < -0.3 is 0 Å². The number of ketones is 1. The molecule has 112 valence electrons. The van der Waals surface area contributed by atoms with Crippen LogP contribution >= 0.6 is 34.8 Å². The fraction of sp³-hybridized carbons (Fsp3) is 0.300. The Morgan fingerprint density at radius 2 is 1.40 bits per heavy atom. The molecule has 1 aromatic rings. The molecule has 0 N–H and O–H groups in total. The van der Waals surface area contributed by atoms with Gasteiger partial charge in [-0.25, -0.2) is 0 Å². The van der Waals surface area contributed by atoms with Crippen LogP contribution in [0.15, 0.2) is 18.2 Å². The van der Waals surface area contributed by atoms with Crippen molar-refractivity contribution in [3.8, 4) is 0 Å². The number of alkyl halides is 9. The van der Waals surface area contributed by atoms with E-state index in [-0.39, 0.29) is 18.2 Å². The Balaban J connectivity index is 3.55. The maximum atomic E-state index is 12.7. The zero-order chi connectivity index (χ0) is 15.9.